The summed E-state index contributed by atoms with van der Waals surface area (Å²) in [5.41, 5.74) is 2.85. The van der Waals surface area contributed by atoms with E-state index >= 15 is 8.78 Å². The van der Waals surface area contributed by atoms with E-state index in [0.29, 0.717) is 23.5 Å². The first kappa shape index (κ1) is 33.9. The number of hydrogen-bond donors (Lipinski definition) is 1. The highest BCUT2D eigenvalue weighted by molar-refractivity contribution is 5.88. The van der Waals surface area contributed by atoms with E-state index in [1.807, 2.05) is 0 Å². The third-order valence-electron chi connectivity index (χ3n) is 8.05. The third-order valence-corrected chi connectivity index (χ3v) is 8.05. The van der Waals surface area contributed by atoms with E-state index in [1.54, 1.807) is 43.3 Å². The van der Waals surface area contributed by atoms with E-state index in [0.717, 1.165) is 30.4 Å². The van der Waals surface area contributed by atoms with Crippen molar-refractivity contribution in [1.82, 2.24) is 0 Å². The number of rotatable bonds is 16. The molecule has 2 aromatic rings. The largest absolute Gasteiger partial charge is 0.462 e. The Morgan fingerprint density at radius 2 is 1.67 bits per heavy atom. The molecule has 0 saturated heterocycles. The van der Waals surface area contributed by atoms with Gasteiger partial charge in [-0.1, -0.05) is 94.7 Å². The van der Waals surface area contributed by atoms with Crippen LogP contribution in [0, 0.1) is 17.6 Å². The van der Waals surface area contributed by atoms with Crippen LogP contribution in [0.15, 0.2) is 66.8 Å². The van der Waals surface area contributed by atoms with Crippen LogP contribution < -0.4 is 0 Å². The van der Waals surface area contributed by atoms with Crippen molar-refractivity contribution in [3.05, 3.63) is 89.5 Å². The number of unbranched alkanes of at least 4 members (excludes halogenated alkanes) is 3. The zero-order chi connectivity index (χ0) is 31.4. The lowest BCUT2D eigenvalue weighted by molar-refractivity contribution is -0.142. The first-order valence-electron chi connectivity index (χ1n) is 15.2. The van der Waals surface area contributed by atoms with E-state index in [9.17, 15) is 9.59 Å². The summed E-state index contributed by atoms with van der Waals surface area (Å²) in [5, 5.41) is 9.06. The van der Waals surface area contributed by atoms with E-state index in [2.05, 4.69) is 26.2 Å². The number of halogens is 2. The Morgan fingerprint density at radius 1 is 0.977 bits per heavy atom. The highest BCUT2D eigenvalue weighted by Crippen LogP contribution is 2.36. The molecule has 0 heterocycles. The first-order valence-corrected chi connectivity index (χ1v) is 15.2. The van der Waals surface area contributed by atoms with Crippen molar-refractivity contribution in [3.8, 4) is 11.1 Å². The molecular weight excluding hydrogens is 550 g/mol. The van der Waals surface area contributed by atoms with Gasteiger partial charge in [0.15, 0.2) is 11.6 Å². The van der Waals surface area contributed by atoms with Crippen LogP contribution in [0.25, 0.3) is 16.7 Å². The van der Waals surface area contributed by atoms with Crippen LogP contribution in [0.3, 0.4) is 0 Å². The van der Waals surface area contributed by atoms with Crippen molar-refractivity contribution < 1.29 is 33.0 Å². The monoisotopic (exact) mass is 594 g/mol. The molecule has 0 bridgehead atoms. The van der Waals surface area contributed by atoms with Gasteiger partial charge in [0.1, 0.15) is 0 Å². The summed E-state index contributed by atoms with van der Waals surface area (Å²) < 4.78 is 41.2. The zero-order valence-corrected chi connectivity index (χ0v) is 25.4. The van der Waals surface area contributed by atoms with Gasteiger partial charge in [-0.2, -0.15) is 0 Å². The average Bonchev–Trinajstić information content (AvgIpc) is 3.02. The Hall–Kier alpha value is -3.58. The van der Waals surface area contributed by atoms with Crippen LogP contribution in [0.1, 0.15) is 88.7 Å². The van der Waals surface area contributed by atoms with Gasteiger partial charge in [0, 0.05) is 22.6 Å². The van der Waals surface area contributed by atoms with Gasteiger partial charge >= 0.3 is 11.9 Å². The van der Waals surface area contributed by atoms with E-state index in [1.165, 1.54) is 32.1 Å². The minimum atomic E-state index is -0.879. The molecule has 1 unspecified atom stereocenters. The Bertz CT molecular complexity index is 1310. The summed E-state index contributed by atoms with van der Waals surface area (Å²) >= 11 is 0. The van der Waals surface area contributed by atoms with Crippen LogP contribution in [0.4, 0.5) is 8.78 Å². The fourth-order valence-corrected chi connectivity index (χ4v) is 5.32. The van der Waals surface area contributed by atoms with Crippen LogP contribution in [0.5, 0.6) is 0 Å². The van der Waals surface area contributed by atoms with Crippen molar-refractivity contribution in [2.45, 2.75) is 77.6 Å². The number of carbonyl (C=O) groups excluding carboxylic acids is 2. The first-order chi connectivity index (χ1) is 20.7. The molecule has 0 fully saturated rings. The maximum atomic E-state index is 15.4. The maximum Gasteiger partial charge on any atom is 0.335 e. The third kappa shape index (κ3) is 9.72. The van der Waals surface area contributed by atoms with Gasteiger partial charge < -0.3 is 14.6 Å². The molecule has 2 atom stereocenters. The Morgan fingerprint density at radius 3 is 2.30 bits per heavy atom. The van der Waals surface area contributed by atoms with E-state index in [4.69, 9.17) is 14.6 Å². The lowest BCUT2D eigenvalue weighted by Gasteiger charge is -2.23. The number of esters is 2. The van der Waals surface area contributed by atoms with Crippen LogP contribution in [-0.2, 0) is 19.1 Å². The van der Waals surface area contributed by atoms with Crippen LogP contribution in [0.2, 0.25) is 0 Å². The summed E-state index contributed by atoms with van der Waals surface area (Å²) in [6.07, 6.45) is 11.2. The molecule has 232 valence electrons. The smallest absolute Gasteiger partial charge is 0.335 e. The van der Waals surface area contributed by atoms with Gasteiger partial charge in [-0.3, -0.25) is 0 Å². The minimum Gasteiger partial charge on any atom is -0.462 e. The topological polar surface area (TPSA) is 72.8 Å². The summed E-state index contributed by atoms with van der Waals surface area (Å²) in [5.74, 6) is -2.68. The molecule has 2 aromatic carbocycles. The SMILES string of the molecule is C=C(C)C(=O)OC[C@H](CCOC(=O)C(=C)CO)c1ccc(-c2ccc(C3=CCC(CCCCCC)CC3)c(F)c2F)cc1. The van der Waals surface area contributed by atoms with Crippen molar-refractivity contribution in [2.24, 2.45) is 5.92 Å². The Labute approximate surface area is 254 Å². The second-order valence-electron chi connectivity index (χ2n) is 11.4. The molecule has 0 saturated carbocycles. The van der Waals surface area contributed by atoms with Gasteiger partial charge in [0.25, 0.3) is 0 Å². The normalized spacial score (nSPS) is 15.4. The second kappa shape index (κ2) is 16.9. The van der Waals surface area contributed by atoms with Gasteiger partial charge in [0.2, 0.25) is 0 Å². The lowest BCUT2D eigenvalue weighted by atomic mass is 9.83. The number of carbonyl (C=O) groups is 2. The van der Waals surface area contributed by atoms with Crippen molar-refractivity contribution in [1.29, 1.82) is 0 Å². The molecular formula is C36H44F2O5. The zero-order valence-electron chi connectivity index (χ0n) is 25.4. The molecule has 1 N–H and O–H groups in total. The van der Waals surface area contributed by atoms with Crippen molar-refractivity contribution >= 4 is 17.5 Å². The summed E-state index contributed by atoms with van der Waals surface area (Å²) in [6.45, 7) is 10.3. The Balaban J connectivity index is 1.72. The number of ether oxygens (including phenoxy) is 2. The fraction of sp³-hybridized carbons (Fsp3) is 0.444. The molecule has 0 aliphatic heterocycles. The molecule has 7 heteroatoms. The van der Waals surface area contributed by atoms with E-state index < -0.39 is 30.2 Å². The van der Waals surface area contributed by atoms with Gasteiger partial charge in [0.05, 0.1) is 25.4 Å². The molecule has 0 radical (unpaired) electrons. The van der Waals surface area contributed by atoms with E-state index in [-0.39, 0.29) is 35.8 Å². The van der Waals surface area contributed by atoms with Crippen LogP contribution >= 0.6 is 0 Å². The van der Waals surface area contributed by atoms with Crippen molar-refractivity contribution in [3.63, 3.8) is 0 Å². The van der Waals surface area contributed by atoms with Gasteiger partial charge in [-0.15, -0.1) is 0 Å². The summed E-state index contributed by atoms with van der Waals surface area (Å²) in [6, 6.07) is 10.2. The summed E-state index contributed by atoms with van der Waals surface area (Å²) in [4.78, 5) is 23.8. The van der Waals surface area contributed by atoms with Gasteiger partial charge in [-0.25, -0.2) is 18.4 Å². The molecule has 3 rings (SSSR count). The maximum absolute atomic E-state index is 15.4. The summed E-state index contributed by atoms with van der Waals surface area (Å²) in [7, 11) is 0. The van der Waals surface area contributed by atoms with Crippen LogP contribution in [-0.4, -0.2) is 36.9 Å². The molecule has 1 aliphatic rings. The number of benzene rings is 2. The number of allylic oxidation sites excluding steroid dienone is 2. The molecule has 0 aromatic heterocycles. The highest BCUT2D eigenvalue weighted by Gasteiger charge is 2.22. The molecule has 0 amide bonds. The number of aliphatic hydroxyl groups excluding tert-OH is 1. The van der Waals surface area contributed by atoms with Gasteiger partial charge in [-0.05, 0) is 55.2 Å². The number of hydrogen-bond acceptors (Lipinski definition) is 5. The standard InChI is InChI=1S/C36H44F2O5/c1-5-6-7-8-9-26-10-12-28(13-11-26)31-18-19-32(34(38)33(31)37)29-16-14-27(15-17-29)30(23-43-35(40)24(2)3)20-21-42-36(41)25(4)22-39/h12,14-19,26,30,39H,2,4-11,13,20-23H2,1,3H3/t26?,30-/m0/s1. The quantitative estimate of drug-likeness (QED) is 0.120. The average molecular weight is 595 g/mol. The predicted octanol–water partition coefficient (Wildman–Crippen LogP) is 8.47. The molecule has 43 heavy (non-hydrogen) atoms. The minimum absolute atomic E-state index is 0.00560. The van der Waals surface area contributed by atoms with Crippen molar-refractivity contribution in [2.75, 3.05) is 19.8 Å². The lowest BCUT2D eigenvalue weighted by Crippen LogP contribution is -2.17. The predicted molar refractivity (Wildman–Crippen MR) is 166 cm³/mol. The number of aliphatic hydroxyl groups is 1. The molecule has 5 nitrogen and oxygen atoms in total. The highest BCUT2D eigenvalue weighted by atomic mass is 19.2. The molecule has 1 aliphatic carbocycles. The molecule has 0 spiro atoms. The second-order valence-corrected chi connectivity index (χ2v) is 11.4. The fourth-order valence-electron chi connectivity index (χ4n) is 5.32. The Kier molecular flexibility index (Phi) is 13.3.